The van der Waals surface area contributed by atoms with Crippen molar-refractivity contribution in [3.63, 3.8) is 0 Å². The number of thioether (sulfide) groups is 1. The van der Waals surface area contributed by atoms with Gasteiger partial charge in [0.05, 0.1) is 12.4 Å². The molecule has 1 aliphatic heterocycles. The minimum atomic E-state index is -0.333. The molecule has 3 rings (SSSR count). The van der Waals surface area contributed by atoms with E-state index in [1.54, 1.807) is 16.7 Å². The topological polar surface area (TPSA) is 117 Å². The summed E-state index contributed by atoms with van der Waals surface area (Å²) in [4.78, 5) is 39.6. The summed E-state index contributed by atoms with van der Waals surface area (Å²) >= 11 is 2.55. The Bertz CT molecular complexity index is 732. The van der Waals surface area contributed by atoms with Crippen molar-refractivity contribution in [1.29, 1.82) is 0 Å². The average molecular weight is 457 g/mol. The predicted octanol–water partition coefficient (Wildman–Crippen LogP) is 2.39. The van der Waals surface area contributed by atoms with Gasteiger partial charge in [0.15, 0.2) is 4.34 Å². The van der Waals surface area contributed by atoms with Crippen LogP contribution in [-0.2, 0) is 9.53 Å². The van der Waals surface area contributed by atoms with Gasteiger partial charge in [-0.15, -0.1) is 10.2 Å². The number of carbonyl (C=O) groups is 3. The molecule has 0 atom stereocenters. The summed E-state index contributed by atoms with van der Waals surface area (Å²) in [5, 5.41) is 14.1. The molecule has 30 heavy (non-hydrogen) atoms. The van der Waals surface area contributed by atoms with E-state index in [-0.39, 0.29) is 29.8 Å². The van der Waals surface area contributed by atoms with Crippen LogP contribution in [-0.4, -0.2) is 82.6 Å². The fourth-order valence-corrected chi connectivity index (χ4v) is 5.10. The summed E-state index contributed by atoms with van der Waals surface area (Å²) in [5.74, 6) is 0.228. The summed E-state index contributed by atoms with van der Waals surface area (Å²) in [5.41, 5.74) is 0. The maximum atomic E-state index is 12.4. The molecule has 0 unspecified atom stereocenters. The number of amides is 4. The van der Waals surface area contributed by atoms with Crippen molar-refractivity contribution in [3.05, 3.63) is 0 Å². The predicted molar refractivity (Wildman–Crippen MR) is 115 cm³/mol. The van der Waals surface area contributed by atoms with Gasteiger partial charge in [-0.05, 0) is 19.8 Å². The van der Waals surface area contributed by atoms with E-state index < -0.39 is 0 Å². The molecule has 10 nitrogen and oxygen atoms in total. The quantitative estimate of drug-likeness (QED) is 0.499. The number of nitrogens with zero attached hydrogens (tertiary/aromatic N) is 4. The van der Waals surface area contributed by atoms with Gasteiger partial charge >= 0.3 is 12.1 Å². The van der Waals surface area contributed by atoms with E-state index in [1.165, 1.54) is 29.5 Å². The van der Waals surface area contributed by atoms with Gasteiger partial charge in [-0.3, -0.25) is 10.1 Å². The van der Waals surface area contributed by atoms with Crippen molar-refractivity contribution in [3.8, 4) is 0 Å². The highest BCUT2D eigenvalue weighted by Crippen LogP contribution is 2.26. The summed E-state index contributed by atoms with van der Waals surface area (Å²) in [6.45, 7) is 4.03. The maximum Gasteiger partial charge on any atom is 0.409 e. The molecule has 1 aromatic heterocycles. The van der Waals surface area contributed by atoms with E-state index in [4.69, 9.17) is 4.74 Å². The molecule has 1 aromatic rings. The third kappa shape index (κ3) is 6.73. The number of aromatic nitrogens is 2. The normalized spacial score (nSPS) is 17.5. The van der Waals surface area contributed by atoms with E-state index >= 15 is 0 Å². The summed E-state index contributed by atoms with van der Waals surface area (Å²) in [7, 11) is 0. The van der Waals surface area contributed by atoms with Gasteiger partial charge < -0.3 is 19.9 Å². The van der Waals surface area contributed by atoms with Gasteiger partial charge in [0.1, 0.15) is 0 Å². The third-order valence-corrected chi connectivity index (χ3v) is 7.00. The Hall–Kier alpha value is -2.08. The SMILES string of the molecule is CCOC(=O)N1CCN(C(=O)CSc2nnc(NC(=O)NC3CCCCC3)s2)CC1. The zero-order valence-electron chi connectivity index (χ0n) is 17.1. The fraction of sp³-hybridized carbons (Fsp3) is 0.722. The van der Waals surface area contributed by atoms with Gasteiger partial charge in [-0.1, -0.05) is 42.4 Å². The number of urea groups is 1. The van der Waals surface area contributed by atoms with Gasteiger partial charge in [0.2, 0.25) is 11.0 Å². The number of hydrogen-bond acceptors (Lipinski definition) is 8. The zero-order valence-corrected chi connectivity index (χ0v) is 18.7. The van der Waals surface area contributed by atoms with Crippen LogP contribution in [0.1, 0.15) is 39.0 Å². The van der Waals surface area contributed by atoms with Crippen molar-refractivity contribution in [1.82, 2.24) is 25.3 Å². The van der Waals surface area contributed by atoms with Crippen molar-refractivity contribution < 1.29 is 19.1 Å². The summed E-state index contributed by atoms with van der Waals surface area (Å²) in [6, 6.07) is -0.0346. The van der Waals surface area contributed by atoms with E-state index in [1.807, 2.05) is 0 Å². The molecule has 1 saturated heterocycles. The van der Waals surface area contributed by atoms with Gasteiger partial charge in [0, 0.05) is 32.2 Å². The standard InChI is InChI=1S/C18H28N6O4S2/c1-2-28-18(27)24-10-8-23(9-11-24)14(25)12-29-17-22-21-16(30-17)20-15(26)19-13-6-4-3-5-7-13/h13H,2-12H2,1H3,(H2,19,20,21,26). The van der Waals surface area contributed by atoms with Crippen LogP contribution in [0.15, 0.2) is 4.34 Å². The van der Waals surface area contributed by atoms with Crippen molar-refractivity contribution in [2.75, 3.05) is 43.9 Å². The van der Waals surface area contributed by atoms with Crippen LogP contribution in [0.3, 0.4) is 0 Å². The molecule has 2 heterocycles. The lowest BCUT2D eigenvalue weighted by molar-refractivity contribution is -0.129. The molecule has 166 valence electrons. The Morgan fingerprint density at radius 2 is 1.80 bits per heavy atom. The highest BCUT2D eigenvalue weighted by Gasteiger charge is 2.25. The average Bonchev–Trinajstić information content (AvgIpc) is 3.20. The van der Waals surface area contributed by atoms with E-state index in [0.717, 1.165) is 25.7 Å². The largest absolute Gasteiger partial charge is 0.450 e. The Kier molecular flexibility index (Phi) is 8.55. The molecule has 1 aliphatic carbocycles. The Morgan fingerprint density at radius 3 is 2.50 bits per heavy atom. The third-order valence-electron chi connectivity index (χ3n) is 5.04. The van der Waals surface area contributed by atoms with Gasteiger partial charge in [-0.25, -0.2) is 9.59 Å². The van der Waals surface area contributed by atoms with E-state index in [9.17, 15) is 14.4 Å². The van der Waals surface area contributed by atoms with E-state index in [2.05, 4.69) is 20.8 Å². The van der Waals surface area contributed by atoms with Crippen molar-refractivity contribution in [2.24, 2.45) is 0 Å². The smallest absolute Gasteiger partial charge is 0.409 e. The van der Waals surface area contributed by atoms with E-state index in [0.29, 0.717) is 42.3 Å². The molecule has 0 spiro atoms. The first kappa shape index (κ1) is 22.6. The number of anilines is 1. The molecule has 2 N–H and O–H groups in total. The van der Waals surface area contributed by atoms with Crippen LogP contribution in [0.4, 0.5) is 14.7 Å². The van der Waals surface area contributed by atoms with Crippen LogP contribution in [0, 0.1) is 0 Å². The Labute approximate surface area is 184 Å². The number of nitrogens with one attached hydrogen (secondary N) is 2. The Balaban J connectivity index is 1.37. The molecule has 2 aliphatic rings. The van der Waals surface area contributed by atoms with Crippen LogP contribution >= 0.6 is 23.1 Å². The second kappa shape index (κ2) is 11.3. The Morgan fingerprint density at radius 1 is 1.10 bits per heavy atom. The van der Waals surface area contributed by atoms with Crippen molar-refractivity contribution >= 4 is 46.3 Å². The first-order valence-corrected chi connectivity index (χ1v) is 12.1. The molecule has 0 bridgehead atoms. The minimum Gasteiger partial charge on any atom is -0.450 e. The number of piperazine rings is 1. The summed E-state index contributed by atoms with van der Waals surface area (Å²) in [6.07, 6.45) is 5.23. The van der Waals surface area contributed by atoms with Gasteiger partial charge in [0.25, 0.3) is 0 Å². The molecule has 0 aromatic carbocycles. The molecule has 4 amide bonds. The molecule has 2 fully saturated rings. The highest BCUT2D eigenvalue weighted by atomic mass is 32.2. The molecular formula is C18H28N6O4S2. The number of hydrogen-bond donors (Lipinski definition) is 2. The molecule has 1 saturated carbocycles. The lowest BCUT2D eigenvalue weighted by atomic mass is 9.96. The minimum absolute atomic E-state index is 0.0109. The van der Waals surface area contributed by atoms with Crippen LogP contribution < -0.4 is 10.6 Å². The van der Waals surface area contributed by atoms with Crippen LogP contribution in [0.25, 0.3) is 0 Å². The number of ether oxygens (including phenoxy) is 1. The summed E-state index contributed by atoms with van der Waals surface area (Å²) < 4.78 is 5.61. The van der Waals surface area contributed by atoms with Crippen LogP contribution in [0.2, 0.25) is 0 Å². The zero-order chi connectivity index (χ0) is 21.3. The lowest BCUT2D eigenvalue weighted by Crippen LogP contribution is -2.51. The molecular weight excluding hydrogens is 428 g/mol. The van der Waals surface area contributed by atoms with Crippen molar-refractivity contribution in [2.45, 2.75) is 49.4 Å². The number of carbonyl (C=O) groups excluding carboxylic acids is 3. The molecule has 0 radical (unpaired) electrons. The lowest BCUT2D eigenvalue weighted by Gasteiger charge is -2.33. The fourth-order valence-electron chi connectivity index (χ4n) is 3.45. The van der Waals surface area contributed by atoms with Crippen LogP contribution in [0.5, 0.6) is 0 Å². The maximum absolute atomic E-state index is 12.4. The second-order valence-corrected chi connectivity index (χ2v) is 9.36. The highest BCUT2D eigenvalue weighted by molar-refractivity contribution is 8.01. The van der Waals surface area contributed by atoms with Gasteiger partial charge in [-0.2, -0.15) is 0 Å². The first-order valence-electron chi connectivity index (χ1n) is 10.3. The first-order chi connectivity index (χ1) is 14.5. The molecule has 12 heteroatoms. The monoisotopic (exact) mass is 456 g/mol. The number of rotatable bonds is 6. The second-order valence-electron chi connectivity index (χ2n) is 7.16.